The number of aliphatic hydroxyl groups excluding tert-OH is 1. The summed E-state index contributed by atoms with van der Waals surface area (Å²) in [7, 11) is 0. The van der Waals surface area contributed by atoms with E-state index in [1.165, 1.54) is 0 Å². The molecule has 6 aromatic rings. The largest absolute Gasteiger partial charge is 0.509 e. The molecule has 5 aromatic carbocycles. The Kier molecular flexibility index (Phi) is 8.54. The lowest BCUT2D eigenvalue weighted by Gasteiger charge is -2.37. The third-order valence-corrected chi connectivity index (χ3v) is 8.93. The Balaban J connectivity index is 1.22. The summed E-state index contributed by atoms with van der Waals surface area (Å²) in [5, 5.41) is 11.3. The first-order chi connectivity index (χ1) is 24.4. The van der Waals surface area contributed by atoms with Gasteiger partial charge in [0.05, 0.1) is 12.0 Å². The highest BCUT2D eigenvalue weighted by Gasteiger charge is 2.47. The number of aromatic nitrogens is 2. The van der Waals surface area contributed by atoms with Gasteiger partial charge in [-0.25, -0.2) is 19.5 Å². The standard InChI is InChI=1S/C41H32N4O5/c42-40(49)45-35(37(46)36(38(45)47)39(48)50-34-23-21-29(22-24-34)28-13-5-1-6-14-28)25-33-26-44(27-43-33)41(30-15-7-2-8-16-30,31-17-9-3-10-18-31)32-19-11-4-12-20-32/h1-24,26-27,35,46H,25H2,(H2,42,49). The van der Waals surface area contributed by atoms with E-state index < -0.39 is 40.8 Å². The summed E-state index contributed by atoms with van der Waals surface area (Å²) >= 11 is 0. The lowest BCUT2D eigenvalue weighted by molar-refractivity contribution is -0.134. The Morgan fingerprint density at radius 1 is 0.720 bits per heavy atom. The summed E-state index contributed by atoms with van der Waals surface area (Å²) in [6, 6.07) is 44.0. The highest BCUT2D eigenvalue weighted by atomic mass is 16.5. The molecule has 3 amide bonds. The van der Waals surface area contributed by atoms with Gasteiger partial charge >= 0.3 is 12.0 Å². The number of amides is 3. The lowest BCUT2D eigenvalue weighted by Crippen LogP contribution is -2.45. The SMILES string of the molecule is NC(=O)N1C(=O)C(C(=O)Oc2ccc(-c3ccccc3)cc2)=C(O)C1Cc1cn(C(c2ccccc2)(c2ccccc2)c2ccccc2)cn1. The van der Waals surface area contributed by atoms with Crippen LogP contribution in [0.25, 0.3) is 11.1 Å². The number of benzene rings is 5. The maximum absolute atomic E-state index is 13.4. The predicted octanol–water partition coefficient (Wildman–Crippen LogP) is 6.64. The molecular weight excluding hydrogens is 628 g/mol. The molecule has 0 saturated heterocycles. The molecule has 3 N–H and O–H groups in total. The van der Waals surface area contributed by atoms with Crippen LogP contribution in [0.4, 0.5) is 4.79 Å². The number of ether oxygens (including phenoxy) is 1. The highest BCUT2D eigenvalue weighted by Crippen LogP contribution is 2.41. The summed E-state index contributed by atoms with van der Waals surface area (Å²) < 4.78 is 7.45. The van der Waals surface area contributed by atoms with Gasteiger partial charge in [0.25, 0.3) is 5.91 Å². The van der Waals surface area contributed by atoms with Gasteiger partial charge in [0.1, 0.15) is 23.1 Å². The molecule has 1 atom stereocenters. The van der Waals surface area contributed by atoms with Gasteiger partial charge in [0.15, 0.2) is 5.57 Å². The summed E-state index contributed by atoms with van der Waals surface area (Å²) in [4.78, 5) is 44.7. The van der Waals surface area contributed by atoms with Crippen molar-refractivity contribution in [2.75, 3.05) is 0 Å². The molecular formula is C41H32N4O5. The monoisotopic (exact) mass is 660 g/mol. The predicted molar refractivity (Wildman–Crippen MR) is 188 cm³/mol. The van der Waals surface area contributed by atoms with Crippen molar-refractivity contribution in [2.45, 2.75) is 18.0 Å². The molecule has 0 radical (unpaired) electrons. The van der Waals surface area contributed by atoms with Crippen LogP contribution in [0.15, 0.2) is 169 Å². The van der Waals surface area contributed by atoms with E-state index in [-0.39, 0.29) is 12.2 Å². The van der Waals surface area contributed by atoms with Crippen LogP contribution in [-0.4, -0.2) is 43.5 Å². The molecule has 1 aromatic heterocycles. The number of carbonyl (C=O) groups excluding carboxylic acids is 3. The van der Waals surface area contributed by atoms with E-state index in [1.54, 1.807) is 30.6 Å². The lowest BCUT2D eigenvalue weighted by atomic mass is 9.77. The number of primary amides is 1. The zero-order valence-corrected chi connectivity index (χ0v) is 26.8. The molecule has 9 heteroatoms. The molecule has 246 valence electrons. The number of rotatable bonds is 9. The first kappa shape index (κ1) is 31.8. The van der Waals surface area contributed by atoms with Gasteiger partial charge < -0.3 is 20.1 Å². The number of carbonyl (C=O) groups is 3. The fourth-order valence-electron chi connectivity index (χ4n) is 6.63. The molecule has 0 spiro atoms. The first-order valence-corrected chi connectivity index (χ1v) is 16.0. The quantitative estimate of drug-likeness (QED) is 0.0775. The average molecular weight is 661 g/mol. The number of nitrogens with two attached hydrogens (primary N) is 1. The minimum atomic E-state index is -1.27. The number of esters is 1. The van der Waals surface area contributed by atoms with Gasteiger partial charge in [-0.1, -0.05) is 133 Å². The normalized spacial score (nSPS) is 14.5. The van der Waals surface area contributed by atoms with Crippen LogP contribution in [0.5, 0.6) is 5.75 Å². The molecule has 7 rings (SSSR count). The maximum atomic E-state index is 13.4. The number of aliphatic hydroxyl groups is 1. The Bertz CT molecular complexity index is 2090. The molecule has 1 unspecified atom stereocenters. The molecule has 9 nitrogen and oxygen atoms in total. The highest BCUT2D eigenvalue weighted by molar-refractivity contribution is 6.22. The summed E-state index contributed by atoms with van der Waals surface area (Å²) in [5.74, 6) is -2.60. The van der Waals surface area contributed by atoms with Gasteiger partial charge in [-0.15, -0.1) is 0 Å². The number of hydrogen-bond donors (Lipinski definition) is 2. The fraction of sp³-hybridized carbons (Fsp3) is 0.0732. The molecule has 0 bridgehead atoms. The van der Waals surface area contributed by atoms with E-state index in [2.05, 4.69) is 4.98 Å². The summed E-state index contributed by atoms with van der Waals surface area (Å²) in [5.41, 5.74) is 9.36. The van der Waals surface area contributed by atoms with Crippen LogP contribution < -0.4 is 10.5 Å². The fourth-order valence-corrected chi connectivity index (χ4v) is 6.63. The third kappa shape index (κ3) is 5.71. The first-order valence-electron chi connectivity index (χ1n) is 16.0. The second-order valence-corrected chi connectivity index (χ2v) is 11.9. The van der Waals surface area contributed by atoms with Crippen LogP contribution in [-0.2, 0) is 21.5 Å². The van der Waals surface area contributed by atoms with Crippen molar-refractivity contribution in [3.8, 4) is 16.9 Å². The smallest absolute Gasteiger partial charge is 0.352 e. The zero-order chi connectivity index (χ0) is 34.7. The van der Waals surface area contributed by atoms with Crippen molar-refractivity contribution in [3.05, 3.63) is 192 Å². The number of imide groups is 1. The van der Waals surface area contributed by atoms with Gasteiger partial charge in [-0.05, 0) is 39.9 Å². The molecule has 1 aliphatic heterocycles. The van der Waals surface area contributed by atoms with Crippen molar-refractivity contribution in [3.63, 3.8) is 0 Å². The van der Waals surface area contributed by atoms with Crippen LogP contribution in [0.2, 0.25) is 0 Å². The third-order valence-electron chi connectivity index (χ3n) is 8.93. The van der Waals surface area contributed by atoms with Crippen molar-refractivity contribution in [2.24, 2.45) is 5.73 Å². The van der Waals surface area contributed by atoms with E-state index in [9.17, 15) is 19.5 Å². The van der Waals surface area contributed by atoms with Gasteiger partial charge in [-0.2, -0.15) is 0 Å². The number of urea groups is 1. The minimum absolute atomic E-state index is 0.107. The van der Waals surface area contributed by atoms with Gasteiger partial charge in [0.2, 0.25) is 0 Å². The Labute approximate surface area is 288 Å². The van der Waals surface area contributed by atoms with Gasteiger partial charge in [0, 0.05) is 12.6 Å². The Hall–Kier alpha value is -6.74. The van der Waals surface area contributed by atoms with E-state index >= 15 is 0 Å². The van der Waals surface area contributed by atoms with Crippen molar-refractivity contribution in [1.29, 1.82) is 0 Å². The topological polar surface area (TPSA) is 128 Å². The van der Waals surface area contributed by atoms with Crippen LogP contribution in [0.3, 0.4) is 0 Å². The molecule has 0 saturated carbocycles. The number of hydrogen-bond acceptors (Lipinski definition) is 6. The molecule has 0 fully saturated rings. The summed E-state index contributed by atoms with van der Waals surface area (Å²) in [6.07, 6.45) is 3.39. The zero-order valence-electron chi connectivity index (χ0n) is 26.8. The average Bonchev–Trinajstić information content (AvgIpc) is 3.72. The number of nitrogens with zero attached hydrogens (tertiary/aromatic N) is 3. The van der Waals surface area contributed by atoms with Crippen LogP contribution in [0, 0.1) is 0 Å². The van der Waals surface area contributed by atoms with Crippen LogP contribution >= 0.6 is 0 Å². The number of imidazole rings is 1. The van der Waals surface area contributed by atoms with E-state index in [0.717, 1.165) is 27.8 Å². The summed E-state index contributed by atoms with van der Waals surface area (Å²) in [6.45, 7) is 0. The van der Waals surface area contributed by atoms with Gasteiger partial charge in [-0.3, -0.25) is 4.79 Å². The second-order valence-electron chi connectivity index (χ2n) is 11.9. The van der Waals surface area contributed by atoms with E-state index in [0.29, 0.717) is 10.6 Å². The van der Waals surface area contributed by atoms with Crippen LogP contribution in [0.1, 0.15) is 22.4 Å². The van der Waals surface area contributed by atoms with Crippen molar-refractivity contribution >= 4 is 17.9 Å². The van der Waals surface area contributed by atoms with Crippen molar-refractivity contribution < 1.29 is 24.2 Å². The Morgan fingerprint density at radius 3 is 1.70 bits per heavy atom. The Morgan fingerprint density at radius 2 is 1.20 bits per heavy atom. The van der Waals surface area contributed by atoms with E-state index in [4.69, 9.17) is 10.5 Å². The second kappa shape index (κ2) is 13.4. The molecule has 2 heterocycles. The van der Waals surface area contributed by atoms with Crippen molar-refractivity contribution in [1.82, 2.24) is 14.5 Å². The molecule has 50 heavy (non-hydrogen) atoms. The molecule has 1 aliphatic rings. The van der Waals surface area contributed by atoms with E-state index in [1.807, 2.05) is 132 Å². The minimum Gasteiger partial charge on any atom is -0.509 e. The molecule has 0 aliphatic carbocycles. The maximum Gasteiger partial charge on any atom is 0.352 e.